The van der Waals surface area contributed by atoms with E-state index in [1.165, 1.54) is 19.3 Å². The first-order valence-corrected chi connectivity index (χ1v) is 6.17. The normalized spacial score (nSPS) is 36.8. The molecule has 2 atom stereocenters. The van der Waals surface area contributed by atoms with Gasteiger partial charge in [0.1, 0.15) is 0 Å². The van der Waals surface area contributed by atoms with Crippen molar-refractivity contribution in [1.29, 1.82) is 0 Å². The van der Waals surface area contributed by atoms with Crippen LogP contribution in [0.5, 0.6) is 0 Å². The molecule has 0 aromatic heterocycles. The summed E-state index contributed by atoms with van der Waals surface area (Å²) in [5.41, 5.74) is 0. The third-order valence-corrected chi connectivity index (χ3v) is 4.42. The predicted octanol–water partition coefficient (Wildman–Crippen LogP) is 0.966. The molecule has 2 aliphatic carbocycles. The van der Waals surface area contributed by atoms with Crippen LogP contribution in [-0.2, 0) is 9.59 Å². The fourth-order valence-corrected chi connectivity index (χ4v) is 3.52. The van der Waals surface area contributed by atoms with Gasteiger partial charge in [0.05, 0.1) is 6.42 Å². The number of carboxylic acid groups (broad SMARTS) is 1. The van der Waals surface area contributed by atoms with Gasteiger partial charge in [-0.3, -0.25) is 9.59 Å². The lowest BCUT2D eigenvalue weighted by Crippen LogP contribution is -2.51. The molecule has 0 bridgehead atoms. The maximum absolute atomic E-state index is 12.0. The highest BCUT2D eigenvalue weighted by Crippen LogP contribution is 2.58. The van der Waals surface area contributed by atoms with Gasteiger partial charge in [0.15, 0.2) is 0 Å². The van der Waals surface area contributed by atoms with Crippen molar-refractivity contribution in [1.82, 2.24) is 4.90 Å². The van der Waals surface area contributed by atoms with Crippen LogP contribution in [0.4, 0.5) is 0 Å². The average Bonchev–Trinajstić information content (AvgIpc) is 2.64. The van der Waals surface area contributed by atoms with E-state index in [4.69, 9.17) is 5.11 Å². The summed E-state index contributed by atoms with van der Waals surface area (Å²) in [4.78, 5) is 24.4. The maximum atomic E-state index is 12.0. The minimum atomic E-state index is -0.750. The summed E-state index contributed by atoms with van der Waals surface area (Å²) in [6.07, 6.45) is 3.96. The smallest absolute Gasteiger partial charge is 0.303 e. The Morgan fingerprint density at radius 2 is 1.81 bits per heavy atom. The van der Waals surface area contributed by atoms with E-state index in [2.05, 4.69) is 0 Å². The molecule has 1 amide bonds. The summed E-state index contributed by atoms with van der Waals surface area (Å²) < 4.78 is 0. The molecule has 88 valence electrons. The van der Waals surface area contributed by atoms with E-state index in [9.17, 15) is 9.59 Å². The van der Waals surface area contributed by atoms with Crippen molar-refractivity contribution < 1.29 is 14.7 Å². The lowest BCUT2D eigenvalue weighted by atomic mass is 9.95. The molecule has 0 aromatic carbocycles. The molecule has 4 nitrogen and oxygen atoms in total. The van der Waals surface area contributed by atoms with Crippen molar-refractivity contribution in [2.24, 2.45) is 23.7 Å². The Hall–Kier alpha value is -1.06. The van der Waals surface area contributed by atoms with Crippen LogP contribution in [-0.4, -0.2) is 35.0 Å². The van der Waals surface area contributed by atoms with E-state index in [0.29, 0.717) is 36.8 Å². The van der Waals surface area contributed by atoms with Crippen molar-refractivity contribution >= 4 is 11.9 Å². The Labute approximate surface area is 94.6 Å². The summed E-state index contributed by atoms with van der Waals surface area (Å²) in [5.74, 6) is 1.40. The van der Waals surface area contributed by atoms with Crippen molar-refractivity contribution in [3.8, 4) is 0 Å². The predicted molar refractivity (Wildman–Crippen MR) is 56.6 cm³/mol. The summed E-state index contributed by atoms with van der Waals surface area (Å²) in [7, 11) is 0. The topological polar surface area (TPSA) is 57.6 Å². The molecule has 0 aromatic rings. The van der Waals surface area contributed by atoms with Gasteiger partial charge in [-0.05, 0) is 24.7 Å². The van der Waals surface area contributed by atoms with Crippen LogP contribution in [0.1, 0.15) is 25.7 Å². The molecule has 0 spiro atoms. The number of carbonyl (C=O) groups excluding carboxylic acids is 1. The standard InChI is InChI=1S/C12H17NO3/c14-10(15)4-7-5-13(6-7)12(16)11-8-2-1-3-9(8)11/h7-9,11H,1-6H2,(H,14,15). The number of nitrogens with zero attached hydrogens (tertiary/aromatic N) is 1. The second kappa shape index (κ2) is 3.47. The van der Waals surface area contributed by atoms with Gasteiger partial charge in [0, 0.05) is 24.9 Å². The molecule has 16 heavy (non-hydrogen) atoms. The highest BCUT2D eigenvalue weighted by molar-refractivity contribution is 5.83. The number of aliphatic carboxylic acids is 1. The van der Waals surface area contributed by atoms with Crippen molar-refractivity contribution in [3.05, 3.63) is 0 Å². The average molecular weight is 223 g/mol. The minimum Gasteiger partial charge on any atom is -0.481 e. The summed E-state index contributed by atoms with van der Waals surface area (Å²) in [5, 5.41) is 8.62. The van der Waals surface area contributed by atoms with Crippen LogP contribution in [0, 0.1) is 23.7 Å². The van der Waals surface area contributed by atoms with Crippen molar-refractivity contribution in [3.63, 3.8) is 0 Å². The zero-order chi connectivity index (χ0) is 11.3. The van der Waals surface area contributed by atoms with E-state index >= 15 is 0 Å². The fourth-order valence-electron chi connectivity index (χ4n) is 3.52. The summed E-state index contributed by atoms with van der Waals surface area (Å²) in [6.45, 7) is 1.34. The van der Waals surface area contributed by atoms with Gasteiger partial charge in [-0.1, -0.05) is 6.42 Å². The Kier molecular flexibility index (Phi) is 2.19. The molecular formula is C12H17NO3. The van der Waals surface area contributed by atoms with Crippen LogP contribution in [0.15, 0.2) is 0 Å². The highest BCUT2D eigenvalue weighted by atomic mass is 16.4. The minimum absolute atomic E-state index is 0.194. The molecule has 2 saturated carbocycles. The van der Waals surface area contributed by atoms with Crippen LogP contribution in [0.2, 0.25) is 0 Å². The lowest BCUT2D eigenvalue weighted by molar-refractivity contribution is -0.146. The lowest BCUT2D eigenvalue weighted by Gasteiger charge is -2.39. The molecule has 1 N–H and O–H groups in total. The van der Waals surface area contributed by atoms with Gasteiger partial charge in [0.25, 0.3) is 0 Å². The number of likely N-dealkylation sites (tertiary alicyclic amines) is 1. The summed E-state index contributed by atoms with van der Waals surface area (Å²) >= 11 is 0. The molecule has 0 radical (unpaired) electrons. The van der Waals surface area contributed by atoms with Gasteiger partial charge in [-0.25, -0.2) is 0 Å². The number of hydrogen-bond acceptors (Lipinski definition) is 2. The number of hydrogen-bond donors (Lipinski definition) is 1. The number of amides is 1. The second-order valence-electron chi connectivity index (χ2n) is 5.49. The van der Waals surface area contributed by atoms with Crippen LogP contribution in [0.3, 0.4) is 0 Å². The molecule has 3 rings (SSSR count). The third kappa shape index (κ3) is 1.51. The first-order chi connectivity index (χ1) is 7.66. The molecule has 1 saturated heterocycles. The first-order valence-electron chi connectivity index (χ1n) is 6.17. The molecule has 1 heterocycles. The molecule has 2 unspecified atom stereocenters. The second-order valence-corrected chi connectivity index (χ2v) is 5.49. The molecular weight excluding hydrogens is 206 g/mol. The number of rotatable bonds is 3. The molecule has 1 aliphatic heterocycles. The SMILES string of the molecule is O=C(O)CC1CN(C(=O)C2C3CCCC32)C1. The molecule has 3 fully saturated rings. The van der Waals surface area contributed by atoms with E-state index in [0.717, 1.165) is 0 Å². The molecule has 3 aliphatic rings. The van der Waals surface area contributed by atoms with Gasteiger partial charge in [-0.2, -0.15) is 0 Å². The first kappa shape index (κ1) is 10.1. The Balaban J connectivity index is 1.47. The van der Waals surface area contributed by atoms with E-state index in [1.54, 1.807) is 0 Å². The largest absolute Gasteiger partial charge is 0.481 e. The monoisotopic (exact) mass is 223 g/mol. The Morgan fingerprint density at radius 3 is 2.38 bits per heavy atom. The van der Waals surface area contributed by atoms with Gasteiger partial charge >= 0.3 is 5.97 Å². The van der Waals surface area contributed by atoms with E-state index in [1.807, 2.05) is 4.90 Å². The van der Waals surface area contributed by atoms with Gasteiger partial charge < -0.3 is 10.0 Å². The van der Waals surface area contributed by atoms with E-state index in [-0.39, 0.29) is 12.3 Å². The molecule has 4 heteroatoms. The van der Waals surface area contributed by atoms with Crippen LogP contribution < -0.4 is 0 Å². The zero-order valence-electron chi connectivity index (χ0n) is 9.26. The quantitative estimate of drug-likeness (QED) is 0.775. The van der Waals surface area contributed by atoms with Crippen molar-refractivity contribution in [2.45, 2.75) is 25.7 Å². The van der Waals surface area contributed by atoms with E-state index < -0.39 is 5.97 Å². The summed E-state index contributed by atoms with van der Waals surface area (Å²) in [6, 6.07) is 0. The zero-order valence-corrected chi connectivity index (χ0v) is 9.26. The van der Waals surface area contributed by atoms with Crippen LogP contribution >= 0.6 is 0 Å². The van der Waals surface area contributed by atoms with Crippen molar-refractivity contribution in [2.75, 3.05) is 13.1 Å². The highest BCUT2D eigenvalue weighted by Gasteiger charge is 2.58. The number of fused-ring (bicyclic) bond motifs is 1. The number of carboxylic acids is 1. The van der Waals surface area contributed by atoms with Gasteiger partial charge in [0.2, 0.25) is 5.91 Å². The Morgan fingerprint density at radius 1 is 1.19 bits per heavy atom. The Bertz CT molecular complexity index is 325. The fraction of sp³-hybridized carbons (Fsp3) is 0.833. The number of carbonyl (C=O) groups is 2. The maximum Gasteiger partial charge on any atom is 0.303 e. The van der Waals surface area contributed by atoms with Crippen LogP contribution in [0.25, 0.3) is 0 Å². The third-order valence-electron chi connectivity index (χ3n) is 4.42. The van der Waals surface area contributed by atoms with Gasteiger partial charge in [-0.15, -0.1) is 0 Å².